The molecule has 2 aliphatic heterocycles. The quantitative estimate of drug-likeness (QED) is 0.641. The Labute approximate surface area is 181 Å². The van der Waals surface area contributed by atoms with E-state index in [-0.39, 0.29) is 28.9 Å². The summed E-state index contributed by atoms with van der Waals surface area (Å²) >= 11 is 3.38. The molecule has 2 atom stereocenters. The topological polar surface area (TPSA) is 74.8 Å². The highest BCUT2D eigenvalue weighted by atomic mass is 79.9. The summed E-state index contributed by atoms with van der Waals surface area (Å²) < 4.78 is 26.5. The number of carbonyl (C=O) groups excluding carboxylic acids is 2. The molecule has 0 spiro atoms. The molecule has 1 aromatic rings. The molecule has 0 saturated carbocycles. The van der Waals surface area contributed by atoms with Gasteiger partial charge in [-0.15, -0.1) is 0 Å². The highest BCUT2D eigenvalue weighted by Crippen LogP contribution is 2.36. The van der Waals surface area contributed by atoms with Crippen molar-refractivity contribution in [3.05, 3.63) is 22.2 Å². The first-order valence-electron chi connectivity index (χ1n) is 10.3. The third kappa shape index (κ3) is 4.85. The molecular formula is C21H29BrN2O4S. The fourth-order valence-electron chi connectivity index (χ4n) is 4.43. The number of sulfone groups is 1. The molecule has 2 unspecified atom stereocenters. The minimum absolute atomic E-state index is 0.0158. The Morgan fingerprint density at radius 2 is 1.79 bits per heavy atom. The first-order valence-corrected chi connectivity index (χ1v) is 12.7. The number of rotatable bonds is 5. The molecule has 3 rings (SSSR count). The minimum Gasteiger partial charge on any atom is -0.342 e. The van der Waals surface area contributed by atoms with Gasteiger partial charge in [0.15, 0.2) is 9.84 Å². The monoisotopic (exact) mass is 484 g/mol. The van der Waals surface area contributed by atoms with Crippen molar-refractivity contribution in [2.75, 3.05) is 30.3 Å². The van der Waals surface area contributed by atoms with Crippen molar-refractivity contribution in [2.24, 2.45) is 11.8 Å². The first kappa shape index (κ1) is 22.3. The molecule has 0 bridgehead atoms. The second-order valence-electron chi connectivity index (χ2n) is 8.37. The van der Waals surface area contributed by atoms with Crippen molar-refractivity contribution in [3.63, 3.8) is 0 Å². The van der Waals surface area contributed by atoms with Gasteiger partial charge in [0, 0.05) is 42.6 Å². The van der Waals surface area contributed by atoms with Crippen LogP contribution in [0.3, 0.4) is 0 Å². The van der Waals surface area contributed by atoms with Gasteiger partial charge in [-0.25, -0.2) is 8.42 Å². The molecule has 160 valence electrons. The Morgan fingerprint density at radius 1 is 1.14 bits per heavy atom. The molecule has 0 aromatic heterocycles. The summed E-state index contributed by atoms with van der Waals surface area (Å²) in [4.78, 5) is 28.4. The standard InChI is InChI=1S/C21H29BrN2O4S/c1-4-20(25)24-7-5-16-10-17(22)19(11-18(16)24)29(27,28)8-6-21(26)23-12-14(2)9-15(3)13-23/h10-11,14-15H,4-9,12-13H2,1-3H3. The van der Waals surface area contributed by atoms with Gasteiger partial charge in [0.05, 0.1) is 10.6 Å². The summed E-state index contributed by atoms with van der Waals surface area (Å²) in [5.41, 5.74) is 1.63. The highest BCUT2D eigenvalue weighted by molar-refractivity contribution is 9.10. The molecule has 6 nitrogen and oxygen atoms in total. The summed E-state index contributed by atoms with van der Waals surface area (Å²) in [6.45, 7) is 8.00. The Kier molecular flexibility index (Phi) is 6.73. The number of halogens is 1. The molecule has 2 amide bonds. The van der Waals surface area contributed by atoms with Gasteiger partial charge in [-0.3, -0.25) is 9.59 Å². The highest BCUT2D eigenvalue weighted by Gasteiger charge is 2.30. The Balaban J connectivity index is 1.76. The maximum atomic E-state index is 13.0. The number of hydrogen-bond donors (Lipinski definition) is 0. The summed E-state index contributed by atoms with van der Waals surface area (Å²) in [7, 11) is -3.66. The third-order valence-electron chi connectivity index (χ3n) is 5.77. The van der Waals surface area contributed by atoms with E-state index in [1.54, 1.807) is 28.9 Å². The average molecular weight is 485 g/mol. The lowest BCUT2D eigenvalue weighted by atomic mass is 9.92. The zero-order valence-corrected chi connectivity index (χ0v) is 19.7. The molecule has 2 heterocycles. The van der Waals surface area contributed by atoms with E-state index < -0.39 is 9.84 Å². The second kappa shape index (κ2) is 8.76. The van der Waals surface area contributed by atoms with Gasteiger partial charge in [-0.05, 0) is 58.3 Å². The molecule has 8 heteroatoms. The Morgan fingerprint density at radius 3 is 2.41 bits per heavy atom. The Hall–Kier alpha value is -1.41. The maximum absolute atomic E-state index is 13.0. The number of nitrogens with zero attached hydrogens (tertiary/aromatic N) is 2. The number of amides is 2. The van der Waals surface area contributed by atoms with Crippen molar-refractivity contribution in [1.29, 1.82) is 0 Å². The van der Waals surface area contributed by atoms with Crippen LogP contribution in [0.1, 0.15) is 45.6 Å². The lowest BCUT2D eigenvalue weighted by Gasteiger charge is -2.35. The van der Waals surface area contributed by atoms with Gasteiger partial charge in [0.2, 0.25) is 11.8 Å². The Bertz CT molecular complexity index is 906. The number of likely N-dealkylation sites (tertiary alicyclic amines) is 1. The average Bonchev–Trinajstić information content (AvgIpc) is 3.06. The van der Waals surface area contributed by atoms with Crippen LogP contribution in [-0.2, 0) is 25.8 Å². The van der Waals surface area contributed by atoms with Crippen LogP contribution in [0.5, 0.6) is 0 Å². The van der Waals surface area contributed by atoms with Crippen LogP contribution in [0.25, 0.3) is 0 Å². The van der Waals surface area contributed by atoms with Crippen LogP contribution in [0.2, 0.25) is 0 Å². The van der Waals surface area contributed by atoms with Gasteiger partial charge in [0.1, 0.15) is 0 Å². The van der Waals surface area contributed by atoms with Crippen molar-refractivity contribution in [1.82, 2.24) is 4.90 Å². The fraction of sp³-hybridized carbons (Fsp3) is 0.619. The molecule has 0 radical (unpaired) electrons. The van der Waals surface area contributed by atoms with E-state index in [1.807, 2.05) is 0 Å². The van der Waals surface area contributed by atoms with Gasteiger partial charge in [-0.2, -0.15) is 0 Å². The number of hydrogen-bond acceptors (Lipinski definition) is 4. The van der Waals surface area contributed by atoms with Crippen LogP contribution in [0.15, 0.2) is 21.5 Å². The molecule has 0 aliphatic carbocycles. The molecule has 0 N–H and O–H groups in total. The zero-order chi connectivity index (χ0) is 21.3. The van der Waals surface area contributed by atoms with Crippen LogP contribution in [0.4, 0.5) is 5.69 Å². The summed E-state index contributed by atoms with van der Waals surface area (Å²) in [6.07, 6.45) is 2.16. The van der Waals surface area contributed by atoms with Crippen LogP contribution >= 0.6 is 15.9 Å². The fourth-order valence-corrected chi connectivity index (χ4v) is 6.87. The predicted molar refractivity (Wildman–Crippen MR) is 117 cm³/mol. The normalized spacial score (nSPS) is 21.9. The summed E-state index contributed by atoms with van der Waals surface area (Å²) in [5, 5.41) is 0. The number of anilines is 1. The number of piperidine rings is 1. The van der Waals surface area contributed by atoms with Crippen LogP contribution in [-0.4, -0.2) is 50.5 Å². The summed E-state index contributed by atoms with van der Waals surface area (Å²) in [6, 6.07) is 3.38. The molecular weight excluding hydrogens is 456 g/mol. The largest absolute Gasteiger partial charge is 0.342 e. The van der Waals surface area contributed by atoms with E-state index in [0.717, 1.165) is 12.0 Å². The van der Waals surface area contributed by atoms with Gasteiger partial charge in [0.25, 0.3) is 0 Å². The second-order valence-corrected chi connectivity index (χ2v) is 11.3. The lowest BCUT2D eigenvalue weighted by molar-refractivity contribution is -0.133. The number of carbonyl (C=O) groups is 2. The van der Waals surface area contributed by atoms with Crippen molar-refractivity contribution in [3.8, 4) is 0 Å². The van der Waals surface area contributed by atoms with Crippen molar-refractivity contribution >= 4 is 43.3 Å². The van der Waals surface area contributed by atoms with E-state index in [4.69, 9.17) is 0 Å². The van der Waals surface area contributed by atoms with E-state index in [1.165, 1.54) is 0 Å². The maximum Gasteiger partial charge on any atom is 0.226 e. The predicted octanol–water partition coefficient (Wildman–Crippen LogP) is 3.42. The molecule has 2 aliphatic rings. The molecule has 29 heavy (non-hydrogen) atoms. The van der Waals surface area contributed by atoms with Crippen LogP contribution in [0, 0.1) is 11.8 Å². The van der Waals surface area contributed by atoms with E-state index >= 15 is 0 Å². The zero-order valence-electron chi connectivity index (χ0n) is 17.3. The number of benzene rings is 1. The van der Waals surface area contributed by atoms with E-state index in [2.05, 4.69) is 29.8 Å². The minimum atomic E-state index is -3.66. The van der Waals surface area contributed by atoms with Gasteiger partial charge in [-0.1, -0.05) is 20.8 Å². The van der Waals surface area contributed by atoms with E-state index in [9.17, 15) is 18.0 Å². The first-order chi connectivity index (χ1) is 13.6. The number of fused-ring (bicyclic) bond motifs is 1. The SMILES string of the molecule is CCC(=O)N1CCc2cc(Br)c(S(=O)(=O)CCC(=O)N3CC(C)CC(C)C3)cc21. The van der Waals surface area contributed by atoms with E-state index in [0.29, 0.717) is 54.5 Å². The smallest absolute Gasteiger partial charge is 0.226 e. The molecule has 1 fully saturated rings. The third-order valence-corrected chi connectivity index (χ3v) is 8.44. The van der Waals surface area contributed by atoms with Gasteiger partial charge < -0.3 is 9.80 Å². The van der Waals surface area contributed by atoms with Crippen LogP contribution < -0.4 is 4.90 Å². The molecule has 1 aromatic carbocycles. The lowest BCUT2D eigenvalue weighted by Crippen LogP contribution is -2.43. The molecule has 1 saturated heterocycles. The van der Waals surface area contributed by atoms with Crippen molar-refractivity contribution < 1.29 is 18.0 Å². The summed E-state index contributed by atoms with van der Waals surface area (Å²) in [5.74, 6) is 0.522. The van der Waals surface area contributed by atoms with Gasteiger partial charge >= 0.3 is 0 Å². The van der Waals surface area contributed by atoms with Crippen molar-refractivity contribution in [2.45, 2.75) is 51.3 Å².